The van der Waals surface area contributed by atoms with Gasteiger partial charge in [0.15, 0.2) is 0 Å². The monoisotopic (exact) mass is 383 g/mol. The van der Waals surface area contributed by atoms with Crippen molar-refractivity contribution >= 4 is 34.5 Å². The Labute approximate surface area is 164 Å². The van der Waals surface area contributed by atoms with Gasteiger partial charge in [-0.25, -0.2) is 0 Å². The van der Waals surface area contributed by atoms with Gasteiger partial charge in [-0.05, 0) is 67.8 Å². The van der Waals surface area contributed by atoms with Crippen LogP contribution in [0.2, 0.25) is 0 Å². The zero-order chi connectivity index (χ0) is 18.6. The lowest BCUT2D eigenvalue weighted by molar-refractivity contribution is -0.119. The van der Waals surface area contributed by atoms with Gasteiger partial charge < -0.3 is 15.1 Å². The summed E-state index contributed by atoms with van der Waals surface area (Å²) in [6.07, 6.45) is 5.38. The second-order valence-corrected chi connectivity index (χ2v) is 8.17. The van der Waals surface area contributed by atoms with Gasteiger partial charge >= 0.3 is 0 Å². The number of nitrogens with one attached hydrogen (secondary N) is 1. The van der Waals surface area contributed by atoms with Crippen molar-refractivity contribution < 1.29 is 9.59 Å². The summed E-state index contributed by atoms with van der Waals surface area (Å²) in [6.45, 7) is 2.85. The number of carbonyl (C=O) groups excluding carboxylic acids is 2. The average molecular weight is 384 g/mol. The molecule has 1 aromatic heterocycles. The number of likely N-dealkylation sites (tertiary alicyclic amines) is 1. The van der Waals surface area contributed by atoms with Crippen molar-refractivity contribution in [3.63, 3.8) is 0 Å². The van der Waals surface area contributed by atoms with Crippen LogP contribution >= 0.6 is 11.3 Å². The molecule has 2 aliphatic heterocycles. The maximum absolute atomic E-state index is 12.8. The van der Waals surface area contributed by atoms with E-state index in [0.717, 1.165) is 31.6 Å². The molecule has 1 unspecified atom stereocenters. The summed E-state index contributed by atoms with van der Waals surface area (Å²) in [5, 5.41) is 4.89. The first kappa shape index (κ1) is 18.0. The molecule has 0 bridgehead atoms. The molecule has 2 aliphatic rings. The van der Waals surface area contributed by atoms with Crippen molar-refractivity contribution in [2.75, 3.05) is 29.9 Å². The van der Waals surface area contributed by atoms with Crippen molar-refractivity contribution in [3.8, 4) is 0 Å². The first-order chi connectivity index (χ1) is 13.2. The van der Waals surface area contributed by atoms with Crippen molar-refractivity contribution in [2.45, 2.75) is 38.1 Å². The minimum absolute atomic E-state index is 0.0388. The van der Waals surface area contributed by atoms with Gasteiger partial charge in [-0.2, -0.15) is 0 Å². The molecule has 2 aromatic rings. The fourth-order valence-electron chi connectivity index (χ4n) is 3.96. The molecule has 0 spiro atoms. The van der Waals surface area contributed by atoms with E-state index in [2.05, 4.69) is 22.3 Å². The zero-order valence-corrected chi connectivity index (χ0v) is 16.2. The smallest absolute Gasteiger partial charge is 0.264 e. The normalized spacial score (nSPS) is 19.9. The summed E-state index contributed by atoms with van der Waals surface area (Å²) in [6, 6.07) is 11.4. The predicted octanol–water partition coefficient (Wildman–Crippen LogP) is 3.98. The minimum atomic E-state index is -0.388. The second-order valence-electron chi connectivity index (χ2n) is 7.22. The Hall–Kier alpha value is -2.34. The largest absolute Gasteiger partial charge is 0.372 e. The fraction of sp³-hybridized carbons (Fsp3) is 0.429. The first-order valence-electron chi connectivity index (χ1n) is 9.73. The van der Waals surface area contributed by atoms with Gasteiger partial charge in [0.05, 0.1) is 4.88 Å². The highest BCUT2D eigenvalue weighted by Gasteiger charge is 2.34. The molecular weight excluding hydrogens is 358 g/mol. The topological polar surface area (TPSA) is 52.7 Å². The van der Waals surface area contributed by atoms with Crippen LogP contribution in [-0.2, 0) is 4.79 Å². The Morgan fingerprint density at radius 1 is 0.963 bits per heavy atom. The number of amides is 2. The molecule has 0 saturated carbocycles. The van der Waals surface area contributed by atoms with E-state index >= 15 is 0 Å². The third-order valence-corrected chi connectivity index (χ3v) is 6.26. The molecule has 0 aliphatic carbocycles. The van der Waals surface area contributed by atoms with E-state index in [1.54, 1.807) is 4.90 Å². The van der Waals surface area contributed by atoms with Gasteiger partial charge in [-0.1, -0.05) is 6.07 Å². The number of carbonyl (C=O) groups is 2. The molecule has 2 fully saturated rings. The lowest BCUT2D eigenvalue weighted by atomic mass is 10.1. The highest BCUT2D eigenvalue weighted by atomic mass is 32.1. The lowest BCUT2D eigenvalue weighted by Gasteiger charge is -2.29. The Morgan fingerprint density at radius 2 is 1.74 bits per heavy atom. The third kappa shape index (κ3) is 4.00. The molecule has 1 aromatic carbocycles. The summed E-state index contributed by atoms with van der Waals surface area (Å²) in [7, 11) is 0. The number of rotatable bonds is 4. The van der Waals surface area contributed by atoms with Crippen LogP contribution in [0.15, 0.2) is 41.8 Å². The van der Waals surface area contributed by atoms with Crippen molar-refractivity contribution in [3.05, 3.63) is 46.7 Å². The average Bonchev–Trinajstić information content (AvgIpc) is 3.41. The molecule has 3 heterocycles. The van der Waals surface area contributed by atoms with Gasteiger partial charge in [0, 0.05) is 31.0 Å². The van der Waals surface area contributed by atoms with E-state index in [9.17, 15) is 9.59 Å². The number of anilines is 2. The number of benzene rings is 1. The number of nitrogens with zero attached hydrogens (tertiary/aromatic N) is 2. The van der Waals surface area contributed by atoms with E-state index < -0.39 is 0 Å². The molecule has 1 atom stereocenters. The van der Waals surface area contributed by atoms with Crippen LogP contribution in [0.3, 0.4) is 0 Å². The van der Waals surface area contributed by atoms with Crippen LogP contribution in [0.1, 0.15) is 41.8 Å². The van der Waals surface area contributed by atoms with Gasteiger partial charge in [0.2, 0.25) is 5.91 Å². The summed E-state index contributed by atoms with van der Waals surface area (Å²) >= 11 is 1.42. The van der Waals surface area contributed by atoms with Crippen molar-refractivity contribution in [1.82, 2.24) is 4.90 Å². The highest BCUT2D eigenvalue weighted by Crippen LogP contribution is 2.25. The molecule has 5 nitrogen and oxygen atoms in total. The van der Waals surface area contributed by atoms with E-state index in [4.69, 9.17) is 0 Å². The van der Waals surface area contributed by atoms with Crippen LogP contribution in [0.25, 0.3) is 0 Å². The Morgan fingerprint density at radius 3 is 2.44 bits per heavy atom. The third-order valence-electron chi connectivity index (χ3n) is 5.40. The molecule has 6 heteroatoms. The fourth-order valence-corrected chi connectivity index (χ4v) is 4.64. The number of piperidine rings is 1. The van der Waals surface area contributed by atoms with Gasteiger partial charge in [-0.3, -0.25) is 9.59 Å². The van der Waals surface area contributed by atoms with Crippen LogP contribution < -0.4 is 10.2 Å². The number of hydrogen-bond donors (Lipinski definition) is 1. The van der Waals surface area contributed by atoms with E-state index in [0.29, 0.717) is 11.4 Å². The van der Waals surface area contributed by atoms with Crippen LogP contribution in [0.4, 0.5) is 11.4 Å². The van der Waals surface area contributed by atoms with Crippen LogP contribution in [0.5, 0.6) is 0 Å². The Balaban J connectivity index is 1.40. The molecule has 142 valence electrons. The first-order valence-corrected chi connectivity index (χ1v) is 10.6. The summed E-state index contributed by atoms with van der Waals surface area (Å²) in [5.74, 6) is -0.133. The minimum Gasteiger partial charge on any atom is -0.372 e. The van der Waals surface area contributed by atoms with Crippen LogP contribution in [-0.4, -0.2) is 42.4 Å². The van der Waals surface area contributed by atoms with Crippen molar-refractivity contribution in [1.29, 1.82) is 0 Å². The molecular formula is C21H25N3O2S. The summed E-state index contributed by atoms with van der Waals surface area (Å²) in [4.78, 5) is 30.2. The molecule has 1 N–H and O–H groups in total. The zero-order valence-electron chi connectivity index (χ0n) is 15.4. The Kier molecular flexibility index (Phi) is 5.43. The van der Waals surface area contributed by atoms with E-state index in [1.165, 1.54) is 36.3 Å². The molecule has 0 radical (unpaired) electrons. The van der Waals surface area contributed by atoms with Crippen LogP contribution in [0, 0.1) is 0 Å². The van der Waals surface area contributed by atoms with E-state index in [-0.39, 0.29) is 17.9 Å². The van der Waals surface area contributed by atoms with Crippen molar-refractivity contribution in [2.24, 2.45) is 0 Å². The number of hydrogen-bond acceptors (Lipinski definition) is 4. The highest BCUT2D eigenvalue weighted by molar-refractivity contribution is 7.12. The van der Waals surface area contributed by atoms with Gasteiger partial charge in [0.1, 0.15) is 6.04 Å². The van der Waals surface area contributed by atoms with Gasteiger partial charge in [0.25, 0.3) is 5.91 Å². The number of thiophene rings is 1. The van der Waals surface area contributed by atoms with Gasteiger partial charge in [-0.15, -0.1) is 11.3 Å². The Bertz CT molecular complexity index is 782. The molecule has 2 saturated heterocycles. The maximum atomic E-state index is 12.8. The summed E-state index contributed by atoms with van der Waals surface area (Å²) in [5.41, 5.74) is 2.00. The maximum Gasteiger partial charge on any atom is 0.264 e. The lowest BCUT2D eigenvalue weighted by Crippen LogP contribution is -2.42. The second kappa shape index (κ2) is 8.13. The standard InChI is InChI=1S/C21H25N3O2S/c25-20(18-6-4-14-24(18)21(26)19-7-5-15-27-19)22-16-8-10-17(11-9-16)23-12-2-1-3-13-23/h5,7-11,15,18H,1-4,6,12-14H2,(H,22,25). The SMILES string of the molecule is O=C(Nc1ccc(N2CCCCC2)cc1)C1CCCN1C(=O)c1cccs1. The summed E-state index contributed by atoms with van der Waals surface area (Å²) < 4.78 is 0. The predicted molar refractivity (Wildman–Crippen MR) is 110 cm³/mol. The van der Waals surface area contributed by atoms with E-state index in [1.807, 2.05) is 29.6 Å². The quantitative estimate of drug-likeness (QED) is 0.869. The molecule has 27 heavy (non-hydrogen) atoms. The molecule has 4 rings (SSSR count). The molecule has 2 amide bonds.